The van der Waals surface area contributed by atoms with Crippen LogP contribution in [0.3, 0.4) is 0 Å². The standard InChI is InChI=1S/C24H31ClN2O2S/c1-5-22(24(29)26-17(2)3)27(14-19-10-12-21(25)13-11-19)23(28)16-30-15-20-8-6-18(4)7-9-20/h6-13,17,22H,5,14-16H2,1-4H3,(H,26,29)/t22-/m1/s1. The van der Waals surface area contributed by atoms with Gasteiger partial charge in [-0.1, -0.05) is 60.5 Å². The molecule has 0 aliphatic rings. The van der Waals surface area contributed by atoms with E-state index in [1.165, 1.54) is 11.1 Å². The Bertz CT molecular complexity index is 822. The van der Waals surface area contributed by atoms with Gasteiger partial charge >= 0.3 is 0 Å². The van der Waals surface area contributed by atoms with Crippen molar-refractivity contribution in [2.75, 3.05) is 5.75 Å². The fraction of sp³-hybridized carbons (Fsp3) is 0.417. The molecule has 0 saturated heterocycles. The van der Waals surface area contributed by atoms with Crippen molar-refractivity contribution in [2.45, 2.75) is 58.5 Å². The average molecular weight is 447 g/mol. The summed E-state index contributed by atoms with van der Waals surface area (Å²) in [5.41, 5.74) is 3.36. The molecule has 0 aliphatic carbocycles. The van der Waals surface area contributed by atoms with Gasteiger partial charge in [0.2, 0.25) is 11.8 Å². The maximum absolute atomic E-state index is 13.1. The van der Waals surface area contributed by atoms with Crippen molar-refractivity contribution in [3.8, 4) is 0 Å². The van der Waals surface area contributed by atoms with Crippen LogP contribution in [0.15, 0.2) is 48.5 Å². The van der Waals surface area contributed by atoms with Crippen LogP contribution in [-0.2, 0) is 21.9 Å². The molecule has 30 heavy (non-hydrogen) atoms. The van der Waals surface area contributed by atoms with E-state index in [0.29, 0.717) is 23.7 Å². The number of nitrogens with zero attached hydrogens (tertiary/aromatic N) is 1. The van der Waals surface area contributed by atoms with Gasteiger partial charge in [-0.2, -0.15) is 0 Å². The highest BCUT2D eigenvalue weighted by Crippen LogP contribution is 2.19. The minimum absolute atomic E-state index is 0.0231. The van der Waals surface area contributed by atoms with Gasteiger partial charge in [0.1, 0.15) is 6.04 Å². The molecule has 0 spiro atoms. The third-order valence-electron chi connectivity index (χ3n) is 4.70. The molecule has 2 rings (SSSR count). The van der Waals surface area contributed by atoms with Crippen molar-refractivity contribution in [1.29, 1.82) is 0 Å². The monoisotopic (exact) mass is 446 g/mol. The SMILES string of the molecule is CC[C@H](C(=O)NC(C)C)N(Cc1ccc(Cl)cc1)C(=O)CSCc1ccc(C)cc1. The van der Waals surface area contributed by atoms with Crippen molar-refractivity contribution in [3.05, 3.63) is 70.2 Å². The lowest BCUT2D eigenvalue weighted by molar-refractivity contribution is -0.139. The molecule has 2 aromatic carbocycles. The Balaban J connectivity index is 2.11. The van der Waals surface area contributed by atoms with Crippen LogP contribution < -0.4 is 5.32 Å². The number of amides is 2. The molecule has 162 valence electrons. The van der Waals surface area contributed by atoms with E-state index >= 15 is 0 Å². The first-order valence-corrected chi connectivity index (χ1v) is 11.8. The molecule has 0 fully saturated rings. The van der Waals surface area contributed by atoms with Gasteiger partial charge in [0.15, 0.2) is 0 Å². The van der Waals surface area contributed by atoms with Gasteiger partial charge in [-0.05, 0) is 50.5 Å². The minimum atomic E-state index is -0.504. The number of carbonyl (C=O) groups excluding carboxylic acids is 2. The Morgan fingerprint density at radius 3 is 2.20 bits per heavy atom. The maximum Gasteiger partial charge on any atom is 0.243 e. The van der Waals surface area contributed by atoms with Crippen LogP contribution in [0, 0.1) is 6.92 Å². The molecule has 0 aliphatic heterocycles. The van der Waals surface area contributed by atoms with E-state index in [-0.39, 0.29) is 17.9 Å². The average Bonchev–Trinajstić information content (AvgIpc) is 2.70. The van der Waals surface area contributed by atoms with Crippen molar-refractivity contribution in [1.82, 2.24) is 10.2 Å². The van der Waals surface area contributed by atoms with Gasteiger partial charge in [0.05, 0.1) is 5.75 Å². The second kappa shape index (κ2) is 12.0. The number of hydrogen-bond acceptors (Lipinski definition) is 3. The van der Waals surface area contributed by atoms with E-state index in [1.807, 2.05) is 32.9 Å². The predicted molar refractivity (Wildman–Crippen MR) is 127 cm³/mol. The summed E-state index contributed by atoms with van der Waals surface area (Å²) in [7, 11) is 0. The Morgan fingerprint density at radius 1 is 1.03 bits per heavy atom. The summed E-state index contributed by atoms with van der Waals surface area (Å²) in [6.07, 6.45) is 0.556. The maximum atomic E-state index is 13.1. The number of hydrogen-bond donors (Lipinski definition) is 1. The number of nitrogens with one attached hydrogen (secondary N) is 1. The fourth-order valence-electron chi connectivity index (χ4n) is 3.11. The van der Waals surface area contributed by atoms with E-state index in [1.54, 1.807) is 28.8 Å². The zero-order valence-electron chi connectivity index (χ0n) is 18.2. The molecule has 0 radical (unpaired) electrons. The van der Waals surface area contributed by atoms with Crippen molar-refractivity contribution in [2.24, 2.45) is 0 Å². The van der Waals surface area contributed by atoms with E-state index < -0.39 is 6.04 Å². The second-order valence-corrected chi connectivity index (χ2v) is 9.14. The summed E-state index contributed by atoms with van der Waals surface area (Å²) in [5, 5.41) is 3.60. The van der Waals surface area contributed by atoms with Crippen LogP contribution in [-0.4, -0.2) is 34.6 Å². The lowest BCUT2D eigenvalue weighted by Crippen LogP contribution is -2.50. The number of rotatable bonds is 10. The first kappa shape index (κ1) is 24.3. The first-order chi connectivity index (χ1) is 14.3. The summed E-state index contributed by atoms with van der Waals surface area (Å²) in [6, 6.07) is 15.3. The molecule has 2 amide bonds. The van der Waals surface area contributed by atoms with E-state index in [9.17, 15) is 9.59 Å². The van der Waals surface area contributed by atoms with Gasteiger partial charge in [-0.25, -0.2) is 0 Å². The van der Waals surface area contributed by atoms with E-state index in [4.69, 9.17) is 11.6 Å². The molecule has 0 saturated carbocycles. The molecule has 0 aromatic heterocycles. The van der Waals surface area contributed by atoms with E-state index in [0.717, 1.165) is 11.3 Å². The fourth-order valence-corrected chi connectivity index (χ4v) is 4.11. The van der Waals surface area contributed by atoms with Crippen LogP contribution in [0.4, 0.5) is 0 Å². The summed E-state index contributed by atoms with van der Waals surface area (Å²) < 4.78 is 0. The smallest absolute Gasteiger partial charge is 0.243 e. The first-order valence-electron chi connectivity index (χ1n) is 10.3. The molecular formula is C24H31ClN2O2S. The molecule has 0 unspecified atom stereocenters. The van der Waals surface area contributed by atoms with Crippen LogP contribution in [0.1, 0.15) is 43.9 Å². The van der Waals surface area contributed by atoms with Gasteiger partial charge < -0.3 is 10.2 Å². The second-order valence-electron chi connectivity index (χ2n) is 7.71. The van der Waals surface area contributed by atoms with Crippen molar-refractivity contribution < 1.29 is 9.59 Å². The van der Waals surface area contributed by atoms with E-state index in [2.05, 4.69) is 36.5 Å². The van der Waals surface area contributed by atoms with Crippen LogP contribution in [0.2, 0.25) is 5.02 Å². The topological polar surface area (TPSA) is 49.4 Å². The lowest BCUT2D eigenvalue weighted by Gasteiger charge is -2.31. The molecule has 1 N–H and O–H groups in total. The summed E-state index contributed by atoms with van der Waals surface area (Å²) in [5.74, 6) is 0.939. The molecule has 0 bridgehead atoms. The van der Waals surface area contributed by atoms with Gasteiger partial charge in [0.25, 0.3) is 0 Å². The van der Waals surface area contributed by atoms with Crippen LogP contribution >= 0.6 is 23.4 Å². The third-order valence-corrected chi connectivity index (χ3v) is 5.94. The lowest BCUT2D eigenvalue weighted by atomic mass is 10.1. The van der Waals surface area contributed by atoms with Gasteiger partial charge in [0, 0.05) is 23.4 Å². The highest BCUT2D eigenvalue weighted by molar-refractivity contribution is 7.99. The summed E-state index contributed by atoms with van der Waals surface area (Å²) in [6.45, 7) is 8.22. The quantitative estimate of drug-likeness (QED) is 0.544. The number of aryl methyl sites for hydroxylation is 1. The van der Waals surface area contributed by atoms with Gasteiger partial charge in [-0.3, -0.25) is 9.59 Å². The van der Waals surface area contributed by atoms with Crippen molar-refractivity contribution in [3.63, 3.8) is 0 Å². The highest BCUT2D eigenvalue weighted by atomic mass is 35.5. The number of benzene rings is 2. The van der Waals surface area contributed by atoms with Crippen LogP contribution in [0.5, 0.6) is 0 Å². The third kappa shape index (κ3) is 7.69. The zero-order chi connectivity index (χ0) is 22.1. The Hall–Kier alpha value is -1.98. The summed E-state index contributed by atoms with van der Waals surface area (Å²) in [4.78, 5) is 27.6. The van der Waals surface area contributed by atoms with Crippen molar-refractivity contribution >= 4 is 35.2 Å². The normalized spacial score (nSPS) is 11.9. The molecule has 2 aromatic rings. The molecule has 0 heterocycles. The Labute approximate surface area is 189 Å². The molecule has 4 nitrogen and oxygen atoms in total. The highest BCUT2D eigenvalue weighted by Gasteiger charge is 2.28. The zero-order valence-corrected chi connectivity index (χ0v) is 19.7. The minimum Gasteiger partial charge on any atom is -0.352 e. The Kier molecular flexibility index (Phi) is 9.73. The van der Waals surface area contributed by atoms with Gasteiger partial charge in [-0.15, -0.1) is 11.8 Å². The summed E-state index contributed by atoms with van der Waals surface area (Å²) >= 11 is 7.57. The molecule has 6 heteroatoms. The predicted octanol–water partition coefficient (Wildman–Crippen LogP) is 5.21. The molecule has 1 atom stereocenters. The number of halogens is 1. The number of carbonyl (C=O) groups is 2. The molecular weight excluding hydrogens is 416 g/mol. The number of thioether (sulfide) groups is 1. The largest absolute Gasteiger partial charge is 0.352 e. The Morgan fingerprint density at radius 2 is 1.63 bits per heavy atom. The van der Waals surface area contributed by atoms with Crippen LogP contribution in [0.25, 0.3) is 0 Å².